The lowest BCUT2D eigenvalue weighted by Gasteiger charge is -2.27. The van der Waals surface area contributed by atoms with E-state index in [4.69, 9.17) is 9.47 Å². The maximum absolute atomic E-state index is 12.7. The summed E-state index contributed by atoms with van der Waals surface area (Å²) in [7, 11) is 1.87. The molecule has 1 heterocycles. The highest BCUT2D eigenvalue weighted by Gasteiger charge is 2.29. The summed E-state index contributed by atoms with van der Waals surface area (Å²) in [6.45, 7) is 8.78. The molecule has 0 spiro atoms. The van der Waals surface area contributed by atoms with E-state index in [0.29, 0.717) is 13.1 Å². The number of ether oxygens (including phenoxy) is 2. The summed E-state index contributed by atoms with van der Waals surface area (Å²) >= 11 is 0. The Morgan fingerprint density at radius 2 is 1.93 bits per heavy atom. The van der Waals surface area contributed by atoms with Crippen molar-refractivity contribution in [2.45, 2.75) is 26.0 Å². The third kappa shape index (κ3) is 6.61. The molecule has 0 aromatic heterocycles. The minimum absolute atomic E-state index is 0.275. The number of rotatable bonds is 9. The smallest absolute Gasteiger partial charge is 0.328 e. The highest BCUT2D eigenvalue weighted by atomic mass is 16.5. The second-order valence-corrected chi connectivity index (χ2v) is 6.71. The van der Waals surface area contributed by atoms with Crippen LogP contribution in [0.2, 0.25) is 0 Å². The van der Waals surface area contributed by atoms with Gasteiger partial charge in [0.2, 0.25) is 0 Å². The molecular formula is C20H31N3O4. The van der Waals surface area contributed by atoms with Crippen LogP contribution < -0.4 is 5.32 Å². The quantitative estimate of drug-likeness (QED) is 0.649. The molecule has 1 aromatic rings. The van der Waals surface area contributed by atoms with Crippen molar-refractivity contribution < 1.29 is 19.1 Å². The lowest BCUT2D eigenvalue weighted by atomic mass is 10.1. The largest absolute Gasteiger partial charge is 0.451 e. The standard InChI is InChI=1S/C20H31N3O4/c1-4-22(3)18(17-8-6-5-7-9-17)20(25)27-16(2)19(24)21-10-11-23-12-14-26-15-13-23/h5-9,16,18H,4,10-15H2,1-3H3,(H,21,24)/t16-,18-/m1/s1. The number of carbonyl (C=O) groups excluding carboxylic acids is 2. The molecule has 0 radical (unpaired) electrons. The van der Waals surface area contributed by atoms with Crippen LogP contribution in [-0.2, 0) is 19.1 Å². The third-order valence-corrected chi connectivity index (χ3v) is 4.77. The van der Waals surface area contributed by atoms with Crippen molar-refractivity contribution in [1.82, 2.24) is 15.1 Å². The molecule has 0 bridgehead atoms. The van der Waals surface area contributed by atoms with Crippen molar-refractivity contribution in [2.24, 2.45) is 0 Å². The summed E-state index contributed by atoms with van der Waals surface area (Å²) in [5, 5.41) is 2.84. The first-order chi connectivity index (χ1) is 13.0. The van der Waals surface area contributed by atoms with Gasteiger partial charge < -0.3 is 14.8 Å². The van der Waals surface area contributed by atoms with Crippen molar-refractivity contribution >= 4 is 11.9 Å². The SMILES string of the molecule is CCN(C)[C@@H](C(=O)O[C@H](C)C(=O)NCCN1CCOCC1)c1ccccc1. The molecule has 0 saturated carbocycles. The summed E-state index contributed by atoms with van der Waals surface area (Å²) in [6.07, 6.45) is -0.835. The monoisotopic (exact) mass is 377 g/mol. The van der Waals surface area contributed by atoms with Crippen molar-refractivity contribution in [1.29, 1.82) is 0 Å². The zero-order chi connectivity index (χ0) is 19.6. The Kier molecular flexibility index (Phi) is 8.71. The van der Waals surface area contributed by atoms with Gasteiger partial charge in [-0.05, 0) is 26.1 Å². The van der Waals surface area contributed by atoms with Gasteiger partial charge in [-0.25, -0.2) is 4.79 Å². The Morgan fingerprint density at radius 1 is 1.26 bits per heavy atom. The summed E-state index contributed by atoms with van der Waals surface area (Å²) in [5.74, 6) is -0.691. The molecule has 7 nitrogen and oxygen atoms in total. The maximum atomic E-state index is 12.7. The van der Waals surface area contributed by atoms with E-state index in [2.05, 4.69) is 10.2 Å². The predicted molar refractivity (Wildman–Crippen MR) is 103 cm³/mol. The number of nitrogens with zero attached hydrogens (tertiary/aromatic N) is 2. The molecule has 0 unspecified atom stereocenters. The van der Waals surface area contributed by atoms with Gasteiger partial charge in [-0.3, -0.25) is 14.6 Å². The normalized spacial score (nSPS) is 17.3. The molecule has 1 aliphatic rings. The highest BCUT2D eigenvalue weighted by molar-refractivity contribution is 5.85. The first-order valence-electron chi connectivity index (χ1n) is 9.56. The first kappa shape index (κ1) is 21.3. The second-order valence-electron chi connectivity index (χ2n) is 6.71. The van der Waals surface area contributed by atoms with E-state index in [0.717, 1.165) is 38.4 Å². The molecule has 1 aliphatic heterocycles. The highest BCUT2D eigenvalue weighted by Crippen LogP contribution is 2.21. The number of esters is 1. The molecule has 2 atom stereocenters. The van der Waals surface area contributed by atoms with Crippen LogP contribution in [0.15, 0.2) is 30.3 Å². The van der Waals surface area contributed by atoms with Gasteiger partial charge in [0.25, 0.3) is 5.91 Å². The zero-order valence-electron chi connectivity index (χ0n) is 16.5. The van der Waals surface area contributed by atoms with E-state index >= 15 is 0 Å². The van der Waals surface area contributed by atoms with E-state index in [1.807, 2.05) is 49.2 Å². The van der Waals surface area contributed by atoms with Gasteiger partial charge >= 0.3 is 5.97 Å². The fourth-order valence-corrected chi connectivity index (χ4v) is 2.99. The van der Waals surface area contributed by atoms with E-state index in [1.54, 1.807) is 6.92 Å². The van der Waals surface area contributed by atoms with Crippen molar-refractivity contribution in [3.8, 4) is 0 Å². The summed E-state index contributed by atoms with van der Waals surface area (Å²) < 4.78 is 10.8. The number of morpholine rings is 1. The average molecular weight is 377 g/mol. The van der Waals surface area contributed by atoms with Gasteiger partial charge in [0.05, 0.1) is 13.2 Å². The molecule has 150 valence electrons. The number of amides is 1. The minimum atomic E-state index is -0.835. The van der Waals surface area contributed by atoms with Crippen LogP contribution in [0.5, 0.6) is 0 Å². The predicted octanol–water partition coefficient (Wildman–Crippen LogP) is 1.06. The van der Waals surface area contributed by atoms with Gasteiger partial charge in [-0.1, -0.05) is 37.3 Å². The Balaban J connectivity index is 1.85. The zero-order valence-corrected chi connectivity index (χ0v) is 16.5. The number of likely N-dealkylation sites (N-methyl/N-ethyl adjacent to an activating group) is 1. The van der Waals surface area contributed by atoms with Crippen molar-refractivity contribution in [2.75, 3.05) is 53.0 Å². The van der Waals surface area contributed by atoms with E-state index in [-0.39, 0.29) is 5.91 Å². The van der Waals surface area contributed by atoms with Crippen LogP contribution in [-0.4, -0.2) is 80.8 Å². The molecule has 1 amide bonds. The van der Waals surface area contributed by atoms with Crippen LogP contribution in [0.3, 0.4) is 0 Å². The van der Waals surface area contributed by atoms with Crippen LogP contribution in [0.25, 0.3) is 0 Å². The number of hydrogen-bond donors (Lipinski definition) is 1. The van der Waals surface area contributed by atoms with Crippen molar-refractivity contribution in [3.05, 3.63) is 35.9 Å². The Hall–Kier alpha value is -1.96. The molecule has 1 fully saturated rings. The van der Waals surface area contributed by atoms with Gasteiger partial charge in [-0.2, -0.15) is 0 Å². The fourth-order valence-electron chi connectivity index (χ4n) is 2.99. The Bertz CT molecular complexity index is 590. The summed E-state index contributed by atoms with van der Waals surface area (Å²) in [4.78, 5) is 29.1. The number of nitrogens with one attached hydrogen (secondary N) is 1. The van der Waals surface area contributed by atoms with Gasteiger partial charge in [-0.15, -0.1) is 0 Å². The molecule has 27 heavy (non-hydrogen) atoms. The molecular weight excluding hydrogens is 346 g/mol. The number of carbonyl (C=O) groups is 2. The molecule has 0 aliphatic carbocycles. The lowest BCUT2D eigenvalue weighted by Crippen LogP contribution is -2.44. The summed E-state index contributed by atoms with van der Waals surface area (Å²) in [6, 6.07) is 8.94. The fraction of sp³-hybridized carbons (Fsp3) is 0.600. The van der Waals surface area contributed by atoms with Crippen LogP contribution in [0.4, 0.5) is 0 Å². The van der Waals surface area contributed by atoms with Crippen LogP contribution in [0, 0.1) is 0 Å². The van der Waals surface area contributed by atoms with E-state index in [1.165, 1.54) is 0 Å². The van der Waals surface area contributed by atoms with Gasteiger partial charge in [0, 0.05) is 26.2 Å². The van der Waals surface area contributed by atoms with E-state index < -0.39 is 18.1 Å². The number of benzene rings is 1. The molecule has 1 N–H and O–H groups in total. The third-order valence-electron chi connectivity index (χ3n) is 4.77. The second kappa shape index (κ2) is 11.0. The molecule has 1 saturated heterocycles. The Labute approximate surface area is 161 Å². The van der Waals surface area contributed by atoms with Gasteiger partial charge in [0.15, 0.2) is 6.10 Å². The number of hydrogen-bond acceptors (Lipinski definition) is 6. The minimum Gasteiger partial charge on any atom is -0.451 e. The van der Waals surface area contributed by atoms with Crippen LogP contribution in [0.1, 0.15) is 25.5 Å². The molecule has 7 heteroatoms. The summed E-state index contributed by atoms with van der Waals surface area (Å²) in [5.41, 5.74) is 0.853. The van der Waals surface area contributed by atoms with Crippen LogP contribution >= 0.6 is 0 Å². The lowest BCUT2D eigenvalue weighted by molar-refractivity contribution is -0.159. The van der Waals surface area contributed by atoms with E-state index in [9.17, 15) is 9.59 Å². The first-order valence-corrected chi connectivity index (χ1v) is 9.56. The molecule has 2 rings (SSSR count). The maximum Gasteiger partial charge on any atom is 0.328 e. The average Bonchev–Trinajstić information content (AvgIpc) is 2.69. The van der Waals surface area contributed by atoms with Gasteiger partial charge in [0.1, 0.15) is 6.04 Å². The van der Waals surface area contributed by atoms with Crippen molar-refractivity contribution in [3.63, 3.8) is 0 Å². The topological polar surface area (TPSA) is 71.1 Å². The Morgan fingerprint density at radius 3 is 2.56 bits per heavy atom. The molecule has 1 aromatic carbocycles.